The summed E-state index contributed by atoms with van der Waals surface area (Å²) >= 11 is 10.8. The highest BCUT2D eigenvalue weighted by molar-refractivity contribution is 6.33. The van der Waals surface area contributed by atoms with Crippen molar-refractivity contribution in [3.63, 3.8) is 0 Å². The van der Waals surface area contributed by atoms with Crippen LogP contribution in [-0.2, 0) is 12.1 Å². The smallest absolute Gasteiger partial charge is 0.264 e. The van der Waals surface area contributed by atoms with Gasteiger partial charge in [-0.25, -0.2) is 0 Å². The Morgan fingerprint density at radius 3 is 2.38 bits per heavy atom. The van der Waals surface area contributed by atoms with E-state index in [0.29, 0.717) is 6.20 Å². The zero-order valence-corrected chi connectivity index (χ0v) is 7.71. The summed E-state index contributed by atoms with van der Waals surface area (Å²) in [6.07, 6.45) is -2.59. The van der Waals surface area contributed by atoms with Crippen molar-refractivity contribution < 1.29 is 13.2 Å². The van der Waals surface area contributed by atoms with E-state index < -0.39 is 11.7 Å². The third-order valence-corrected chi connectivity index (χ3v) is 2.14. The van der Waals surface area contributed by atoms with Gasteiger partial charge in [0.1, 0.15) is 0 Å². The zero-order chi connectivity index (χ0) is 10.1. The second-order valence-electron chi connectivity index (χ2n) is 2.29. The highest BCUT2D eigenvalue weighted by atomic mass is 35.5. The van der Waals surface area contributed by atoms with Gasteiger partial charge in [-0.2, -0.15) is 13.2 Å². The lowest BCUT2D eigenvalue weighted by Crippen LogP contribution is -2.07. The van der Waals surface area contributed by atoms with Crippen LogP contribution in [0.3, 0.4) is 0 Å². The van der Waals surface area contributed by atoms with E-state index in [1.807, 2.05) is 0 Å². The Kier molecular flexibility index (Phi) is 3.03. The molecule has 0 aliphatic heterocycles. The van der Waals surface area contributed by atoms with Crippen molar-refractivity contribution in [1.82, 2.24) is 4.98 Å². The minimum Gasteiger partial charge on any atom is -0.264 e. The lowest BCUT2D eigenvalue weighted by Gasteiger charge is -2.09. The summed E-state index contributed by atoms with van der Waals surface area (Å²) in [5.41, 5.74) is -0.773. The highest BCUT2D eigenvalue weighted by Gasteiger charge is 2.34. The van der Waals surface area contributed by atoms with Gasteiger partial charge in [0.2, 0.25) is 0 Å². The van der Waals surface area contributed by atoms with Gasteiger partial charge in [-0.15, -0.1) is 11.6 Å². The molecule has 1 aromatic rings. The zero-order valence-electron chi connectivity index (χ0n) is 6.20. The lowest BCUT2D eigenvalue weighted by molar-refractivity contribution is -0.137. The molecule has 1 aromatic heterocycles. The Labute approximate surface area is 82.5 Å². The second kappa shape index (κ2) is 3.72. The van der Waals surface area contributed by atoms with Crippen molar-refractivity contribution >= 4 is 23.2 Å². The highest BCUT2D eigenvalue weighted by Crippen LogP contribution is 2.35. The van der Waals surface area contributed by atoms with E-state index in [1.165, 1.54) is 6.20 Å². The van der Waals surface area contributed by atoms with Gasteiger partial charge in [0.25, 0.3) is 0 Å². The summed E-state index contributed by atoms with van der Waals surface area (Å²) in [6, 6.07) is 0. The molecule has 0 saturated carbocycles. The van der Waals surface area contributed by atoms with E-state index >= 15 is 0 Å². The van der Waals surface area contributed by atoms with Crippen molar-refractivity contribution in [2.75, 3.05) is 0 Å². The van der Waals surface area contributed by atoms with Crippen LogP contribution in [0.5, 0.6) is 0 Å². The van der Waals surface area contributed by atoms with E-state index in [1.54, 1.807) is 0 Å². The maximum atomic E-state index is 12.2. The molecule has 0 aliphatic carbocycles. The van der Waals surface area contributed by atoms with E-state index in [9.17, 15) is 13.2 Å². The minimum atomic E-state index is -4.48. The minimum absolute atomic E-state index is 0.0875. The van der Waals surface area contributed by atoms with Gasteiger partial charge in [-0.1, -0.05) is 11.6 Å². The fourth-order valence-electron chi connectivity index (χ4n) is 0.779. The van der Waals surface area contributed by atoms with Gasteiger partial charge in [0, 0.05) is 18.0 Å². The van der Waals surface area contributed by atoms with Crippen molar-refractivity contribution in [2.45, 2.75) is 12.1 Å². The number of nitrogens with zero attached hydrogens (tertiary/aromatic N) is 1. The monoisotopic (exact) mass is 229 g/mol. The summed E-state index contributed by atoms with van der Waals surface area (Å²) in [7, 11) is 0. The van der Waals surface area contributed by atoms with Crippen LogP contribution < -0.4 is 0 Å². The molecule has 0 atom stereocenters. The first-order chi connectivity index (χ1) is 5.96. The van der Waals surface area contributed by atoms with Gasteiger partial charge in [0.05, 0.1) is 16.5 Å². The van der Waals surface area contributed by atoms with Crippen molar-refractivity contribution in [1.29, 1.82) is 0 Å². The standard InChI is InChI=1S/C7H4Cl2F3N/c8-1-4-2-13-3-5(6(4)9)7(10,11)12/h2-3H,1H2. The average molecular weight is 230 g/mol. The van der Waals surface area contributed by atoms with Crippen LogP contribution in [0.25, 0.3) is 0 Å². The molecule has 72 valence electrons. The third-order valence-electron chi connectivity index (χ3n) is 1.40. The molecule has 0 spiro atoms. The number of alkyl halides is 4. The van der Waals surface area contributed by atoms with Gasteiger partial charge in [0.15, 0.2) is 0 Å². The number of pyridine rings is 1. The molecule has 6 heteroatoms. The SMILES string of the molecule is FC(F)(F)c1cncc(CCl)c1Cl. The van der Waals surface area contributed by atoms with Crippen LogP contribution in [0.1, 0.15) is 11.1 Å². The van der Waals surface area contributed by atoms with Crippen LogP contribution in [-0.4, -0.2) is 4.98 Å². The van der Waals surface area contributed by atoms with Crippen LogP contribution in [0.4, 0.5) is 13.2 Å². The summed E-state index contributed by atoms with van der Waals surface area (Å²) in [6.45, 7) is 0. The topological polar surface area (TPSA) is 12.9 Å². The molecule has 1 rings (SSSR count). The predicted molar refractivity (Wildman–Crippen MR) is 43.8 cm³/mol. The summed E-state index contributed by atoms with van der Waals surface area (Å²) < 4.78 is 36.6. The number of hydrogen-bond acceptors (Lipinski definition) is 1. The average Bonchev–Trinajstić information content (AvgIpc) is 2.02. The van der Waals surface area contributed by atoms with E-state index in [2.05, 4.69) is 4.98 Å². The third kappa shape index (κ3) is 2.25. The molecule has 1 nitrogen and oxygen atoms in total. The Balaban J connectivity index is 3.24. The molecule has 0 fully saturated rings. The van der Waals surface area contributed by atoms with Crippen LogP contribution in [0, 0.1) is 0 Å². The predicted octanol–water partition coefficient (Wildman–Crippen LogP) is 3.49. The van der Waals surface area contributed by atoms with Crippen LogP contribution in [0.15, 0.2) is 12.4 Å². The molecule has 0 amide bonds. The molecule has 0 radical (unpaired) electrons. The van der Waals surface area contributed by atoms with Crippen molar-refractivity contribution in [3.05, 3.63) is 28.5 Å². The molecule has 0 aliphatic rings. The normalized spacial score (nSPS) is 11.8. The summed E-state index contributed by atoms with van der Waals surface area (Å²) in [4.78, 5) is 3.39. The molecule has 0 aromatic carbocycles. The molecular weight excluding hydrogens is 226 g/mol. The Morgan fingerprint density at radius 1 is 1.31 bits per heavy atom. The van der Waals surface area contributed by atoms with Crippen LogP contribution in [0.2, 0.25) is 5.02 Å². The first-order valence-electron chi connectivity index (χ1n) is 3.22. The fraction of sp³-hybridized carbons (Fsp3) is 0.286. The largest absolute Gasteiger partial charge is 0.419 e. The fourth-order valence-corrected chi connectivity index (χ4v) is 1.32. The van der Waals surface area contributed by atoms with E-state index in [0.717, 1.165) is 0 Å². The molecule has 0 bridgehead atoms. The summed E-state index contributed by atoms with van der Waals surface area (Å²) in [5.74, 6) is -0.0875. The summed E-state index contributed by atoms with van der Waals surface area (Å²) in [5, 5.41) is -0.377. The van der Waals surface area contributed by atoms with Gasteiger partial charge in [-0.3, -0.25) is 4.98 Å². The Bertz CT molecular complexity index is 311. The van der Waals surface area contributed by atoms with E-state index in [-0.39, 0.29) is 16.5 Å². The van der Waals surface area contributed by atoms with Gasteiger partial charge < -0.3 is 0 Å². The quantitative estimate of drug-likeness (QED) is 0.673. The van der Waals surface area contributed by atoms with Crippen molar-refractivity contribution in [2.24, 2.45) is 0 Å². The molecule has 1 heterocycles. The molecule has 13 heavy (non-hydrogen) atoms. The number of hydrogen-bond donors (Lipinski definition) is 0. The van der Waals surface area contributed by atoms with Gasteiger partial charge in [-0.05, 0) is 0 Å². The molecule has 0 N–H and O–H groups in total. The van der Waals surface area contributed by atoms with Crippen molar-refractivity contribution in [3.8, 4) is 0 Å². The second-order valence-corrected chi connectivity index (χ2v) is 2.94. The Hall–Kier alpha value is -0.480. The number of halogens is 5. The number of aromatic nitrogens is 1. The maximum absolute atomic E-state index is 12.2. The first-order valence-corrected chi connectivity index (χ1v) is 4.13. The van der Waals surface area contributed by atoms with Crippen LogP contribution >= 0.6 is 23.2 Å². The maximum Gasteiger partial charge on any atom is 0.419 e. The lowest BCUT2D eigenvalue weighted by atomic mass is 10.2. The molecule has 0 unspecified atom stereocenters. The number of rotatable bonds is 1. The first kappa shape index (κ1) is 10.6. The van der Waals surface area contributed by atoms with Gasteiger partial charge >= 0.3 is 6.18 Å². The Morgan fingerprint density at radius 2 is 1.92 bits per heavy atom. The molecular formula is C7H4Cl2F3N. The van der Waals surface area contributed by atoms with E-state index in [4.69, 9.17) is 23.2 Å². The molecule has 0 saturated heterocycles.